The summed E-state index contributed by atoms with van der Waals surface area (Å²) >= 11 is 0. The highest BCUT2D eigenvalue weighted by molar-refractivity contribution is 8.76. The van der Waals surface area contributed by atoms with Crippen molar-refractivity contribution in [1.29, 1.82) is 0 Å². The van der Waals surface area contributed by atoms with E-state index < -0.39 is 18.2 Å². The molecular formula is C51H94F3N5O6S2. The maximum Gasteiger partial charge on any atom is 0.490 e. The molecule has 0 saturated heterocycles. The van der Waals surface area contributed by atoms with Crippen LogP contribution in [0, 0.1) is 0 Å². The maximum absolute atomic E-state index is 13.2. The Hall–Kier alpha value is -2.72. The molecule has 4 amide bonds. The molecule has 392 valence electrons. The Morgan fingerprint density at radius 1 is 0.507 bits per heavy atom. The fourth-order valence-electron chi connectivity index (χ4n) is 6.92. The molecule has 0 aliphatic heterocycles. The predicted molar refractivity (Wildman–Crippen MR) is 276 cm³/mol. The summed E-state index contributed by atoms with van der Waals surface area (Å²) in [7, 11) is 3.33. The summed E-state index contributed by atoms with van der Waals surface area (Å²) in [5.74, 6) is -2.06. The molecule has 67 heavy (non-hydrogen) atoms. The number of carbonyl (C=O) groups is 5. The lowest BCUT2D eigenvalue weighted by Crippen LogP contribution is -2.47. The molecule has 1 unspecified atom stereocenters. The molecule has 0 saturated carbocycles. The Bertz CT molecular complexity index is 1260. The molecule has 16 heteroatoms. The summed E-state index contributed by atoms with van der Waals surface area (Å²) in [5, 5.41) is 18.8. The van der Waals surface area contributed by atoms with Crippen molar-refractivity contribution >= 4 is 51.2 Å². The van der Waals surface area contributed by atoms with Crippen LogP contribution in [-0.4, -0.2) is 84.6 Å². The highest BCUT2D eigenvalue weighted by Gasteiger charge is 2.38. The fourth-order valence-corrected chi connectivity index (χ4v) is 8.68. The van der Waals surface area contributed by atoms with Gasteiger partial charge >= 0.3 is 12.1 Å². The summed E-state index contributed by atoms with van der Waals surface area (Å²) in [4.78, 5) is 59.9. The Morgan fingerprint density at radius 3 is 1.30 bits per heavy atom. The van der Waals surface area contributed by atoms with E-state index in [0.717, 1.165) is 50.0 Å². The van der Waals surface area contributed by atoms with E-state index in [4.69, 9.17) is 15.6 Å². The molecule has 1 atom stereocenters. The van der Waals surface area contributed by atoms with E-state index in [1.54, 1.807) is 21.6 Å². The number of hydrogen-bond donors (Lipinski definition) is 6. The van der Waals surface area contributed by atoms with Crippen molar-refractivity contribution in [2.45, 2.75) is 232 Å². The molecular weight excluding hydrogens is 900 g/mol. The number of halogens is 3. The minimum atomic E-state index is -5.08. The molecule has 0 bridgehead atoms. The van der Waals surface area contributed by atoms with Crippen LogP contribution < -0.4 is 27.0 Å². The van der Waals surface area contributed by atoms with Crippen molar-refractivity contribution in [3.05, 3.63) is 24.3 Å². The number of rotatable bonds is 46. The van der Waals surface area contributed by atoms with E-state index in [1.807, 2.05) is 0 Å². The zero-order valence-corrected chi connectivity index (χ0v) is 43.4. The number of unbranched alkanes of at least 4 members (excludes halogenated alkanes) is 24. The number of carboxylic acids is 1. The average Bonchev–Trinajstić information content (AvgIpc) is 3.30. The molecule has 0 fully saturated rings. The van der Waals surface area contributed by atoms with Crippen LogP contribution in [0.2, 0.25) is 0 Å². The Kier molecular flexibility index (Phi) is 50.7. The first-order chi connectivity index (χ1) is 32.4. The van der Waals surface area contributed by atoms with Crippen LogP contribution in [0.1, 0.15) is 219 Å². The Morgan fingerprint density at radius 2 is 0.866 bits per heavy atom. The fraction of sp³-hybridized carbons (Fsp3) is 0.824. The Labute approximate surface area is 412 Å². The molecule has 0 aliphatic carbocycles. The molecule has 0 aromatic carbocycles. The zero-order valence-electron chi connectivity index (χ0n) is 41.8. The van der Waals surface area contributed by atoms with E-state index in [9.17, 15) is 32.3 Å². The zero-order chi connectivity index (χ0) is 49.9. The largest absolute Gasteiger partial charge is 0.490 e. The predicted octanol–water partition coefficient (Wildman–Crippen LogP) is 12.4. The van der Waals surface area contributed by atoms with Crippen LogP contribution in [-0.2, 0) is 24.0 Å². The van der Waals surface area contributed by atoms with Gasteiger partial charge in [0.1, 0.15) is 6.04 Å². The smallest absolute Gasteiger partial charge is 0.475 e. The van der Waals surface area contributed by atoms with Gasteiger partial charge in [-0.1, -0.05) is 175 Å². The van der Waals surface area contributed by atoms with Gasteiger partial charge in [-0.05, 0) is 70.6 Å². The minimum absolute atomic E-state index is 0.0122. The normalized spacial score (nSPS) is 11.9. The van der Waals surface area contributed by atoms with Gasteiger partial charge in [-0.2, -0.15) is 13.2 Å². The van der Waals surface area contributed by atoms with Crippen LogP contribution >= 0.6 is 21.6 Å². The highest BCUT2D eigenvalue weighted by atomic mass is 33.1. The summed E-state index contributed by atoms with van der Waals surface area (Å²) in [6, 6.07) is -0.818. The van der Waals surface area contributed by atoms with E-state index in [1.165, 1.54) is 141 Å². The lowest BCUT2D eigenvalue weighted by Gasteiger charge is -2.18. The standard InChI is InChI=1S/C49H93N5O4S2.C2HF3O2/c1-3-5-7-9-11-13-15-17-19-21-23-25-27-29-31-33-40-51-46(55)36-35-45(54-48(57)38-37-47(56)52-42-44-60-59-43-39-50)49(58)53-41-34-32-30-28-26-24-22-20-18-16-14-12-10-8-6-4-2;3-2(4,5)1(6)7/h17-20,45H,3-16,21-44,50H2,1-2H3,(H,51,55)(H,52,56)(H,53,58)(H,54,57);(H,6,7)/b19-17-,20-18-;. The van der Waals surface area contributed by atoms with Crippen LogP contribution in [0.15, 0.2) is 24.3 Å². The summed E-state index contributed by atoms with van der Waals surface area (Å²) in [6.07, 6.45) is 39.3. The third-order valence-corrected chi connectivity index (χ3v) is 13.4. The number of allylic oxidation sites excluding steroid dienone is 4. The quantitative estimate of drug-likeness (QED) is 0.0197. The maximum atomic E-state index is 13.2. The molecule has 0 rings (SSSR count). The molecule has 0 aromatic heterocycles. The van der Waals surface area contributed by atoms with Crippen molar-refractivity contribution in [3.8, 4) is 0 Å². The number of aliphatic carboxylic acids is 1. The summed E-state index contributed by atoms with van der Waals surface area (Å²) in [6.45, 7) is 6.84. The van der Waals surface area contributed by atoms with Crippen molar-refractivity contribution in [2.24, 2.45) is 5.73 Å². The first kappa shape index (κ1) is 66.4. The van der Waals surface area contributed by atoms with Crippen molar-refractivity contribution in [3.63, 3.8) is 0 Å². The van der Waals surface area contributed by atoms with E-state index >= 15 is 0 Å². The number of carbonyl (C=O) groups excluding carboxylic acids is 4. The lowest BCUT2D eigenvalue weighted by atomic mass is 10.1. The molecule has 11 nitrogen and oxygen atoms in total. The van der Waals surface area contributed by atoms with Crippen molar-refractivity contribution in [2.75, 3.05) is 37.7 Å². The lowest BCUT2D eigenvalue weighted by molar-refractivity contribution is -0.192. The number of alkyl halides is 3. The second kappa shape index (κ2) is 51.1. The van der Waals surface area contributed by atoms with Gasteiger partial charge in [0.15, 0.2) is 0 Å². The van der Waals surface area contributed by atoms with Gasteiger partial charge in [-0.25, -0.2) is 4.79 Å². The van der Waals surface area contributed by atoms with Gasteiger partial charge < -0.3 is 32.1 Å². The first-order valence-electron chi connectivity index (χ1n) is 26.0. The van der Waals surface area contributed by atoms with Gasteiger partial charge in [0.25, 0.3) is 0 Å². The van der Waals surface area contributed by atoms with E-state index in [-0.39, 0.29) is 49.3 Å². The average molecular weight is 994 g/mol. The first-order valence-corrected chi connectivity index (χ1v) is 28.5. The van der Waals surface area contributed by atoms with Crippen LogP contribution in [0.5, 0.6) is 0 Å². The monoisotopic (exact) mass is 994 g/mol. The van der Waals surface area contributed by atoms with Crippen molar-refractivity contribution in [1.82, 2.24) is 21.3 Å². The second-order valence-electron chi connectivity index (χ2n) is 17.3. The number of nitrogens with one attached hydrogen (secondary N) is 4. The van der Waals surface area contributed by atoms with E-state index in [2.05, 4.69) is 59.4 Å². The SMILES string of the molecule is CCCCCCCC/C=C\CCCCCCCCNC(=O)CCC(NC(=O)CCC(=O)NCCSSCCN)C(=O)NCCCCCCCC/C=C\CCCCCCCC.O=C(O)C(F)(F)F. The van der Waals surface area contributed by atoms with Gasteiger partial charge in [0.05, 0.1) is 0 Å². The van der Waals surface area contributed by atoms with Crippen LogP contribution in [0.3, 0.4) is 0 Å². The second-order valence-corrected chi connectivity index (χ2v) is 20.0. The number of carboxylic acid groups (broad SMARTS) is 1. The molecule has 0 heterocycles. The van der Waals surface area contributed by atoms with Crippen LogP contribution in [0.25, 0.3) is 0 Å². The molecule has 0 aliphatic rings. The van der Waals surface area contributed by atoms with E-state index in [0.29, 0.717) is 26.2 Å². The summed E-state index contributed by atoms with van der Waals surface area (Å²) in [5.41, 5.74) is 5.50. The summed E-state index contributed by atoms with van der Waals surface area (Å²) < 4.78 is 31.7. The topological polar surface area (TPSA) is 180 Å². The third kappa shape index (κ3) is 52.5. The number of amides is 4. The molecule has 0 aromatic rings. The molecule has 0 spiro atoms. The highest BCUT2D eigenvalue weighted by Crippen LogP contribution is 2.19. The Balaban J connectivity index is 0. The van der Waals surface area contributed by atoms with Crippen molar-refractivity contribution < 1.29 is 42.3 Å². The van der Waals surface area contributed by atoms with Gasteiger partial charge in [0, 0.05) is 56.9 Å². The van der Waals surface area contributed by atoms with Gasteiger partial charge in [-0.3, -0.25) is 19.2 Å². The van der Waals surface area contributed by atoms with Gasteiger partial charge in [0.2, 0.25) is 23.6 Å². The third-order valence-electron chi connectivity index (χ3n) is 10.9. The number of hydrogen-bond acceptors (Lipinski definition) is 8. The van der Waals surface area contributed by atoms with Crippen LogP contribution in [0.4, 0.5) is 13.2 Å². The number of nitrogens with two attached hydrogens (primary N) is 1. The minimum Gasteiger partial charge on any atom is -0.475 e. The van der Waals surface area contributed by atoms with Gasteiger partial charge in [-0.15, -0.1) is 0 Å². The molecule has 7 N–H and O–H groups in total. The molecule has 0 radical (unpaired) electrons.